The highest BCUT2D eigenvalue weighted by molar-refractivity contribution is 5.97. The molecule has 2 saturated heterocycles. The van der Waals surface area contributed by atoms with E-state index in [9.17, 15) is 9.59 Å². The molecule has 0 aliphatic carbocycles. The molecule has 2 aliphatic rings. The Kier molecular flexibility index (Phi) is 4.68. The number of carbonyl (C=O) groups is 2. The highest BCUT2D eigenvalue weighted by Gasteiger charge is 2.42. The molecule has 2 aliphatic heterocycles. The Morgan fingerprint density at radius 3 is 2.45 bits per heavy atom. The van der Waals surface area contributed by atoms with Gasteiger partial charge in [0.25, 0.3) is 0 Å². The summed E-state index contributed by atoms with van der Waals surface area (Å²) in [6.45, 7) is 10.3. The summed E-state index contributed by atoms with van der Waals surface area (Å²) in [6, 6.07) is 0. The predicted octanol–water partition coefficient (Wildman–Crippen LogP) is 0.845. The molecule has 1 atom stereocenters. The van der Waals surface area contributed by atoms with Gasteiger partial charge in [-0.2, -0.15) is 0 Å². The standard InChI is InChI=1S/C15H27N3O2/c1-4-15(3)14(20)18(11-13(19)16-15)10-12-6-8-17(5-2)9-7-12/h12H,4-11H2,1-3H3,(H,16,19). The van der Waals surface area contributed by atoms with Gasteiger partial charge >= 0.3 is 0 Å². The van der Waals surface area contributed by atoms with Crippen molar-refractivity contribution in [2.75, 3.05) is 32.7 Å². The van der Waals surface area contributed by atoms with Crippen molar-refractivity contribution in [3.05, 3.63) is 0 Å². The molecule has 0 spiro atoms. The van der Waals surface area contributed by atoms with Crippen molar-refractivity contribution >= 4 is 11.8 Å². The number of hydrogen-bond acceptors (Lipinski definition) is 3. The van der Waals surface area contributed by atoms with E-state index in [-0.39, 0.29) is 18.4 Å². The number of rotatable bonds is 4. The second kappa shape index (κ2) is 6.12. The lowest BCUT2D eigenvalue weighted by molar-refractivity contribution is -0.150. The van der Waals surface area contributed by atoms with Gasteiger partial charge in [-0.05, 0) is 51.7 Å². The minimum atomic E-state index is -0.709. The van der Waals surface area contributed by atoms with E-state index >= 15 is 0 Å². The summed E-state index contributed by atoms with van der Waals surface area (Å²) in [5.41, 5.74) is -0.709. The summed E-state index contributed by atoms with van der Waals surface area (Å²) in [5.74, 6) is 0.589. The van der Waals surface area contributed by atoms with Crippen LogP contribution in [0.5, 0.6) is 0 Å². The average Bonchev–Trinajstić information content (AvgIpc) is 2.45. The molecular weight excluding hydrogens is 254 g/mol. The second-order valence-electron chi connectivity index (χ2n) is 6.30. The van der Waals surface area contributed by atoms with E-state index in [2.05, 4.69) is 17.1 Å². The van der Waals surface area contributed by atoms with Gasteiger partial charge in [0.05, 0.1) is 6.54 Å². The average molecular weight is 281 g/mol. The minimum Gasteiger partial charge on any atom is -0.340 e. The van der Waals surface area contributed by atoms with Crippen molar-refractivity contribution in [2.45, 2.75) is 45.6 Å². The normalized spacial score (nSPS) is 29.6. The van der Waals surface area contributed by atoms with Crippen LogP contribution in [0.15, 0.2) is 0 Å². The Labute approximate surface area is 121 Å². The third-order valence-corrected chi connectivity index (χ3v) is 4.85. The molecule has 2 rings (SSSR count). The fraction of sp³-hybridized carbons (Fsp3) is 0.867. The zero-order valence-corrected chi connectivity index (χ0v) is 12.9. The largest absolute Gasteiger partial charge is 0.340 e. The highest BCUT2D eigenvalue weighted by atomic mass is 16.2. The third-order valence-electron chi connectivity index (χ3n) is 4.85. The Bertz CT molecular complexity index is 377. The third kappa shape index (κ3) is 3.14. The molecule has 114 valence electrons. The van der Waals surface area contributed by atoms with Crippen LogP contribution in [0.4, 0.5) is 0 Å². The van der Waals surface area contributed by atoms with E-state index in [0.29, 0.717) is 12.3 Å². The van der Waals surface area contributed by atoms with Crippen LogP contribution in [0, 0.1) is 5.92 Å². The fourth-order valence-electron chi connectivity index (χ4n) is 3.18. The number of hydrogen-bond donors (Lipinski definition) is 1. The van der Waals surface area contributed by atoms with E-state index in [4.69, 9.17) is 0 Å². The molecule has 20 heavy (non-hydrogen) atoms. The zero-order chi connectivity index (χ0) is 14.8. The lowest BCUT2D eigenvalue weighted by atomic mass is 9.91. The molecule has 0 saturated carbocycles. The van der Waals surface area contributed by atoms with Crippen LogP contribution in [0.2, 0.25) is 0 Å². The molecule has 0 bridgehead atoms. The molecule has 2 heterocycles. The van der Waals surface area contributed by atoms with Gasteiger partial charge in [0, 0.05) is 6.54 Å². The van der Waals surface area contributed by atoms with Crippen LogP contribution in [0.3, 0.4) is 0 Å². The maximum Gasteiger partial charge on any atom is 0.248 e. The summed E-state index contributed by atoms with van der Waals surface area (Å²) in [4.78, 5) is 28.6. The van der Waals surface area contributed by atoms with Crippen molar-refractivity contribution in [1.29, 1.82) is 0 Å². The molecule has 5 heteroatoms. The number of piperidine rings is 1. The van der Waals surface area contributed by atoms with Gasteiger partial charge in [0.2, 0.25) is 11.8 Å². The van der Waals surface area contributed by atoms with Gasteiger partial charge in [0.1, 0.15) is 5.54 Å². The lowest BCUT2D eigenvalue weighted by Crippen LogP contribution is -2.65. The fourth-order valence-corrected chi connectivity index (χ4v) is 3.18. The van der Waals surface area contributed by atoms with Gasteiger partial charge < -0.3 is 15.1 Å². The summed E-state index contributed by atoms with van der Waals surface area (Å²) in [6.07, 6.45) is 2.90. The molecule has 2 fully saturated rings. The summed E-state index contributed by atoms with van der Waals surface area (Å²) >= 11 is 0. The molecule has 0 aromatic rings. The van der Waals surface area contributed by atoms with Gasteiger partial charge in [-0.3, -0.25) is 9.59 Å². The van der Waals surface area contributed by atoms with E-state index in [1.54, 1.807) is 4.90 Å². The van der Waals surface area contributed by atoms with Crippen molar-refractivity contribution < 1.29 is 9.59 Å². The van der Waals surface area contributed by atoms with Crippen LogP contribution in [0.25, 0.3) is 0 Å². The van der Waals surface area contributed by atoms with E-state index in [1.807, 2.05) is 13.8 Å². The van der Waals surface area contributed by atoms with Crippen LogP contribution < -0.4 is 5.32 Å². The molecule has 1 unspecified atom stereocenters. The summed E-state index contributed by atoms with van der Waals surface area (Å²) < 4.78 is 0. The van der Waals surface area contributed by atoms with Crippen molar-refractivity contribution in [1.82, 2.24) is 15.1 Å². The van der Waals surface area contributed by atoms with Gasteiger partial charge in [-0.1, -0.05) is 13.8 Å². The quantitative estimate of drug-likeness (QED) is 0.831. The molecular formula is C15H27N3O2. The molecule has 1 N–H and O–H groups in total. The number of likely N-dealkylation sites (tertiary alicyclic amines) is 1. The first kappa shape index (κ1) is 15.3. The second-order valence-corrected chi connectivity index (χ2v) is 6.30. The number of amides is 2. The first-order valence-electron chi connectivity index (χ1n) is 7.81. The minimum absolute atomic E-state index is 0.0278. The number of nitrogens with one attached hydrogen (secondary N) is 1. The van der Waals surface area contributed by atoms with Crippen molar-refractivity contribution in [2.24, 2.45) is 5.92 Å². The van der Waals surface area contributed by atoms with Crippen molar-refractivity contribution in [3.8, 4) is 0 Å². The smallest absolute Gasteiger partial charge is 0.248 e. The first-order valence-corrected chi connectivity index (χ1v) is 7.81. The Balaban J connectivity index is 1.95. The molecule has 0 radical (unpaired) electrons. The zero-order valence-electron chi connectivity index (χ0n) is 12.9. The van der Waals surface area contributed by atoms with Crippen LogP contribution in [-0.4, -0.2) is 59.9 Å². The maximum atomic E-state index is 12.5. The molecule has 0 aromatic heterocycles. The van der Waals surface area contributed by atoms with Gasteiger partial charge in [-0.25, -0.2) is 0 Å². The lowest BCUT2D eigenvalue weighted by Gasteiger charge is -2.41. The predicted molar refractivity (Wildman–Crippen MR) is 78.3 cm³/mol. The van der Waals surface area contributed by atoms with Crippen molar-refractivity contribution in [3.63, 3.8) is 0 Å². The Hall–Kier alpha value is -1.10. The number of nitrogens with zero attached hydrogens (tertiary/aromatic N) is 2. The highest BCUT2D eigenvalue weighted by Crippen LogP contribution is 2.23. The van der Waals surface area contributed by atoms with Gasteiger partial charge in [0.15, 0.2) is 0 Å². The first-order chi connectivity index (χ1) is 9.48. The Morgan fingerprint density at radius 2 is 1.90 bits per heavy atom. The van der Waals surface area contributed by atoms with Crippen LogP contribution in [-0.2, 0) is 9.59 Å². The number of piperazine rings is 1. The molecule has 5 nitrogen and oxygen atoms in total. The summed E-state index contributed by atoms with van der Waals surface area (Å²) in [7, 11) is 0. The van der Waals surface area contributed by atoms with E-state index < -0.39 is 5.54 Å². The van der Waals surface area contributed by atoms with E-state index in [1.165, 1.54) is 0 Å². The monoisotopic (exact) mass is 281 g/mol. The molecule has 0 aromatic carbocycles. The SMILES string of the molecule is CCN1CCC(CN2CC(=O)NC(C)(CC)C2=O)CC1. The van der Waals surface area contributed by atoms with Crippen LogP contribution >= 0.6 is 0 Å². The van der Waals surface area contributed by atoms with Gasteiger partial charge in [-0.15, -0.1) is 0 Å². The Morgan fingerprint density at radius 1 is 1.25 bits per heavy atom. The maximum absolute atomic E-state index is 12.5. The molecule has 2 amide bonds. The van der Waals surface area contributed by atoms with Crippen LogP contribution in [0.1, 0.15) is 40.0 Å². The summed E-state index contributed by atoms with van der Waals surface area (Å²) in [5, 5.41) is 2.84. The topological polar surface area (TPSA) is 52.6 Å². The van der Waals surface area contributed by atoms with E-state index in [0.717, 1.165) is 39.0 Å². The number of carbonyl (C=O) groups excluding carboxylic acids is 2.